The summed E-state index contributed by atoms with van der Waals surface area (Å²) in [7, 11) is 1.89. The van der Waals surface area contributed by atoms with Gasteiger partial charge in [-0.15, -0.1) is 0 Å². The molecule has 1 aromatic heterocycles. The van der Waals surface area contributed by atoms with Crippen LogP contribution in [0.3, 0.4) is 0 Å². The van der Waals surface area contributed by atoms with Gasteiger partial charge in [-0.3, -0.25) is 4.68 Å². The lowest BCUT2D eigenvalue weighted by Crippen LogP contribution is -2.38. The van der Waals surface area contributed by atoms with Crippen molar-refractivity contribution in [2.24, 2.45) is 12.8 Å². The Labute approximate surface area is 102 Å². The fraction of sp³-hybridized carbons (Fsp3) is 0.750. The Bertz CT molecular complexity index is 381. The molecule has 1 aliphatic heterocycles. The van der Waals surface area contributed by atoms with Crippen LogP contribution in [0.2, 0.25) is 0 Å². The predicted molar refractivity (Wildman–Crippen MR) is 64.6 cm³/mol. The smallest absolute Gasteiger partial charge is 0.0708 e. The van der Waals surface area contributed by atoms with Crippen molar-refractivity contribution in [3.05, 3.63) is 17.5 Å². The van der Waals surface area contributed by atoms with E-state index in [4.69, 9.17) is 10.5 Å². The molecule has 0 aliphatic carbocycles. The molecule has 1 aromatic rings. The lowest BCUT2D eigenvalue weighted by molar-refractivity contribution is 0.0837. The van der Waals surface area contributed by atoms with Crippen LogP contribution in [0.1, 0.15) is 36.9 Å². The molecule has 0 aromatic carbocycles. The summed E-state index contributed by atoms with van der Waals surface area (Å²) in [5.41, 5.74) is 7.38. The Morgan fingerprint density at radius 2 is 2.24 bits per heavy atom. The van der Waals surface area contributed by atoms with E-state index >= 15 is 0 Å². The quantitative estimate of drug-likeness (QED) is 0.804. The zero-order chi connectivity index (χ0) is 12.5. The minimum Gasteiger partial charge on any atom is -0.394 e. The van der Waals surface area contributed by atoms with E-state index in [1.54, 1.807) is 4.68 Å². The van der Waals surface area contributed by atoms with Gasteiger partial charge in [0.2, 0.25) is 0 Å². The summed E-state index contributed by atoms with van der Waals surface area (Å²) >= 11 is 0. The summed E-state index contributed by atoms with van der Waals surface area (Å²) in [5, 5.41) is 13.9. The Hall–Kier alpha value is -0.910. The van der Waals surface area contributed by atoms with Gasteiger partial charge >= 0.3 is 0 Å². The standard InChI is InChI=1S/C12H21N3O2/c1-12(13,8-16)10-7-15(2)14-11(10)9-3-5-17-6-4-9/h7,9,16H,3-6,8,13H2,1-2H3. The van der Waals surface area contributed by atoms with Crippen molar-refractivity contribution in [2.45, 2.75) is 31.2 Å². The van der Waals surface area contributed by atoms with Gasteiger partial charge < -0.3 is 15.6 Å². The van der Waals surface area contributed by atoms with E-state index in [1.165, 1.54) is 0 Å². The van der Waals surface area contributed by atoms with Gasteiger partial charge in [-0.2, -0.15) is 5.10 Å². The van der Waals surface area contributed by atoms with Crippen LogP contribution in [0.15, 0.2) is 6.20 Å². The van der Waals surface area contributed by atoms with Crippen LogP contribution >= 0.6 is 0 Å². The monoisotopic (exact) mass is 239 g/mol. The zero-order valence-electron chi connectivity index (χ0n) is 10.5. The van der Waals surface area contributed by atoms with Gasteiger partial charge in [-0.05, 0) is 19.8 Å². The summed E-state index contributed by atoms with van der Waals surface area (Å²) in [5.74, 6) is 0.398. The van der Waals surface area contributed by atoms with Crippen molar-refractivity contribution >= 4 is 0 Å². The van der Waals surface area contributed by atoms with E-state index in [-0.39, 0.29) is 6.61 Å². The number of aryl methyl sites for hydroxylation is 1. The minimum absolute atomic E-state index is 0.0745. The second-order valence-corrected chi connectivity index (χ2v) is 5.06. The van der Waals surface area contributed by atoms with Crippen LogP contribution < -0.4 is 5.73 Å². The van der Waals surface area contributed by atoms with E-state index in [1.807, 2.05) is 20.2 Å². The van der Waals surface area contributed by atoms with Crippen molar-refractivity contribution in [1.82, 2.24) is 9.78 Å². The molecule has 1 aliphatic rings. The molecule has 1 fully saturated rings. The second kappa shape index (κ2) is 4.76. The van der Waals surface area contributed by atoms with Gasteiger partial charge in [0.05, 0.1) is 17.8 Å². The molecule has 2 heterocycles. The van der Waals surface area contributed by atoms with E-state index in [0.29, 0.717) is 5.92 Å². The lowest BCUT2D eigenvalue weighted by Gasteiger charge is -2.26. The highest BCUT2D eigenvalue weighted by atomic mass is 16.5. The van der Waals surface area contributed by atoms with Gasteiger partial charge in [0, 0.05) is 37.9 Å². The Balaban J connectivity index is 2.32. The van der Waals surface area contributed by atoms with E-state index in [2.05, 4.69) is 5.10 Å². The van der Waals surface area contributed by atoms with Gasteiger partial charge in [0.15, 0.2) is 0 Å². The number of nitrogens with two attached hydrogens (primary N) is 1. The van der Waals surface area contributed by atoms with Crippen molar-refractivity contribution < 1.29 is 9.84 Å². The molecule has 0 radical (unpaired) electrons. The zero-order valence-corrected chi connectivity index (χ0v) is 10.5. The largest absolute Gasteiger partial charge is 0.394 e. The maximum absolute atomic E-state index is 9.39. The van der Waals surface area contributed by atoms with Gasteiger partial charge in [-0.1, -0.05) is 0 Å². The van der Waals surface area contributed by atoms with Crippen LogP contribution in [0.25, 0.3) is 0 Å². The highest BCUT2D eigenvalue weighted by Gasteiger charge is 2.30. The van der Waals surface area contributed by atoms with Crippen LogP contribution in [0.4, 0.5) is 0 Å². The molecule has 5 nitrogen and oxygen atoms in total. The first-order valence-electron chi connectivity index (χ1n) is 6.06. The molecule has 17 heavy (non-hydrogen) atoms. The molecule has 0 bridgehead atoms. The molecule has 5 heteroatoms. The maximum atomic E-state index is 9.39. The molecule has 96 valence electrons. The Morgan fingerprint density at radius 3 is 2.82 bits per heavy atom. The summed E-state index contributed by atoms with van der Waals surface area (Å²) in [6, 6.07) is 0. The summed E-state index contributed by atoms with van der Waals surface area (Å²) in [6.45, 7) is 3.32. The minimum atomic E-state index is -0.720. The summed E-state index contributed by atoms with van der Waals surface area (Å²) in [4.78, 5) is 0. The Kier molecular flexibility index (Phi) is 3.51. The number of nitrogens with zero attached hydrogens (tertiary/aromatic N) is 2. The van der Waals surface area contributed by atoms with Gasteiger partial charge in [0.1, 0.15) is 0 Å². The van der Waals surface area contributed by atoms with Crippen LogP contribution in [0.5, 0.6) is 0 Å². The van der Waals surface area contributed by atoms with Crippen LogP contribution in [0, 0.1) is 0 Å². The molecule has 3 N–H and O–H groups in total. The maximum Gasteiger partial charge on any atom is 0.0708 e. The van der Waals surface area contributed by atoms with Crippen molar-refractivity contribution in [3.63, 3.8) is 0 Å². The van der Waals surface area contributed by atoms with E-state index in [0.717, 1.165) is 37.3 Å². The number of rotatable bonds is 3. The number of aliphatic hydroxyl groups excluding tert-OH is 1. The van der Waals surface area contributed by atoms with Crippen molar-refractivity contribution in [2.75, 3.05) is 19.8 Å². The molecular formula is C12H21N3O2. The first-order valence-corrected chi connectivity index (χ1v) is 6.06. The average Bonchev–Trinajstić information content (AvgIpc) is 2.73. The van der Waals surface area contributed by atoms with E-state index < -0.39 is 5.54 Å². The first-order chi connectivity index (χ1) is 8.04. The third kappa shape index (κ3) is 2.51. The molecule has 2 rings (SSSR count). The molecule has 1 unspecified atom stereocenters. The highest BCUT2D eigenvalue weighted by Crippen LogP contribution is 2.32. The van der Waals surface area contributed by atoms with Crippen LogP contribution in [-0.2, 0) is 17.3 Å². The second-order valence-electron chi connectivity index (χ2n) is 5.06. The third-order valence-electron chi connectivity index (χ3n) is 3.41. The number of aromatic nitrogens is 2. The normalized spacial score (nSPS) is 21.4. The van der Waals surface area contributed by atoms with E-state index in [9.17, 15) is 5.11 Å². The SMILES string of the molecule is Cn1cc(C(C)(N)CO)c(C2CCOCC2)n1. The fourth-order valence-electron chi connectivity index (χ4n) is 2.30. The highest BCUT2D eigenvalue weighted by molar-refractivity contribution is 5.29. The molecule has 0 spiro atoms. The number of hydrogen-bond acceptors (Lipinski definition) is 4. The van der Waals surface area contributed by atoms with Crippen molar-refractivity contribution in [1.29, 1.82) is 0 Å². The first kappa shape index (κ1) is 12.5. The molecule has 1 saturated heterocycles. The van der Waals surface area contributed by atoms with Crippen LogP contribution in [-0.4, -0.2) is 34.7 Å². The topological polar surface area (TPSA) is 73.3 Å². The van der Waals surface area contributed by atoms with Gasteiger partial charge in [0.25, 0.3) is 0 Å². The van der Waals surface area contributed by atoms with Gasteiger partial charge in [-0.25, -0.2) is 0 Å². The molecular weight excluding hydrogens is 218 g/mol. The molecule has 1 atom stereocenters. The number of ether oxygens (including phenoxy) is 1. The summed E-state index contributed by atoms with van der Waals surface area (Å²) < 4.78 is 7.14. The number of aliphatic hydroxyl groups is 1. The third-order valence-corrected chi connectivity index (χ3v) is 3.41. The molecule has 0 saturated carbocycles. The fourth-order valence-corrected chi connectivity index (χ4v) is 2.30. The summed E-state index contributed by atoms with van der Waals surface area (Å²) in [6.07, 6.45) is 3.87. The lowest BCUT2D eigenvalue weighted by atomic mass is 9.86. The predicted octanol–water partition coefficient (Wildman–Crippen LogP) is 0.480. The number of hydrogen-bond donors (Lipinski definition) is 2. The Morgan fingerprint density at radius 1 is 1.59 bits per heavy atom. The van der Waals surface area contributed by atoms with Crippen molar-refractivity contribution in [3.8, 4) is 0 Å². The average molecular weight is 239 g/mol. The molecule has 0 amide bonds.